The van der Waals surface area contributed by atoms with Crippen LogP contribution in [-0.2, 0) is 9.53 Å². The van der Waals surface area contributed by atoms with Gasteiger partial charge in [0.2, 0.25) is 0 Å². The van der Waals surface area contributed by atoms with Crippen molar-refractivity contribution in [3.63, 3.8) is 0 Å². The number of carbonyl (C=O) groups is 3. The van der Waals surface area contributed by atoms with Crippen molar-refractivity contribution < 1.29 is 19.1 Å². The van der Waals surface area contributed by atoms with Gasteiger partial charge in [0.1, 0.15) is 5.69 Å². The van der Waals surface area contributed by atoms with E-state index in [0.717, 1.165) is 0 Å². The number of amides is 1. The molecule has 1 N–H and O–H groups in total. The fourth-order valence-electron chi connectivity index (χ4n) is 2.04. The normalized spacial score (nSPS) is 11.6. The van der Waals surface area contributed by atoms with Gasteiger partial charge in [0, 0.05) is 24.5 Å². The number of carbonyl (C=O) groups excluding carboxylic acids is 3. The molecule has 0 bridgehead atoms. The summed E-state index contributed by atoms with van der Waals surface area (Å²) in [6.45, 7) is 2.91. The number of para-hydroxylation sites is 1. The number of hydrogen-bond donors (Lipinski definition) is 1. The monoisotopic (exact) mass is 314 g/mol. The number of anilines is 1. The second-order valence-electron chi connectivity index (χ2n) is 5.14. The number of aromatic nitrogens is 1. The van der Waals surface area contributed by atoms with E-state index in [0.29, 0.717) is 11.3 Å². The topological polar surface area (TPSA) is 79.5 Å². The Hall–Kier alpha value is -2.89. The second kappa shape index (κ2) is 6.91. The van der Waals surface area contributed by atoms with Crippen LogP contribution in [0.4, 0.5) is 5.69 Å². The van der Waals surface area contributed by atoms with Gasteiger partial charge in [-0.15, -0.1) is 0 Å². The standard InChI is InChI=1S/C17H18N2O4/c1-11(20)13-9-15(18-10-13)17(22)23-12(2)16(21)19(3)14-7-5-4-6-8-14/h4-10,12,18H,1-3H3/t12-/m0/s1. The van der Waals surface area contributed by atoms with Crippen LogP contribution in [0.3, 0.4) is 0 Å². The predicted octanol–water partition coefficient (Wildman–Crippen LogP) is 2.43. The quantitative estimate of drug-likeness (QED) is 0.679. The zero-order valence-electron chi connectivity index (χ0n) is 13.2. The summed E-state index contributed by atoms with van der Waals surface area (Å²) in [6, 6.07) is 10.5. The minimum Gasteiger partial charge on any atom is -0.448 e. The van der Waals surface area contributed by atoms with E-state index in [2.05, 4.69) is 4.98 Å². The van der Waals surface area contributed by atoms with Gasteiger partial charge in [-0.25, -0.2) is 4.79 Å². The van der Waals surface area contributed by atoms with Gasteiger partial charge in [0.15, 0.2) is 11.9 Å². The van der Waals surface area contributed by atoms with Crippen molar-refractivity contribution in [2.75, 3.05) is 11.9 Å². The highest BCUT2D eigenvalue weighted by molar-refractivity contribution is 6.00. The van der Waals surface area contributed by atoms with Crippen molar-refractivity contribution in [3.8, 4) is 0 Å². The smallest absolute Gasteiger partial charge is 0.355 e. The van der Waals surface area contributed by atoms with E-state index < -0.39 is 12.1 Å². The molecule has 0 saturated carbocycles. The predicted molar refractivity (Wildman–Crippen MR) is 85.5 cm³/mol. The molecule has 0 aliphatic rings. The summed E-state index contributed by atoms with van der Waals surface area (Å²) >= 11 is 0. The highest BCUT2D eigenvalue weighted by atomic mass is 16.5. The maximum Gasteiger partial charge on any atom is 0.355 e. The van der Waals surface area contributed by atoms with Crippen molar-refractivity contribution in [3.05, 3.63) is 53.9 Å². The van der Waals surface area contributed by atoms with Gasteiger partial charge in [-0.05, 0) is 32.0 Å². The van der Waals surface area contributed by atoms with Crippen LogP contribution in [0, 0.1) is 0 Å². The molecule has 0 saturated heterocycles. The lowest BCUT2D eigenvalue weighted by molar-refractivity contribution is -0.126. The van der Waals surface area contributed by atoms with Crippen molar-refractivity contribution in [2.45, 2.75) is 20.0 Å². The van der Waals surface area contributed by atoms with Gasteiger partial charge in [0.05, 0.1) is 0 Å². The minimum absolute atomic E-state index is 0.136. The minimum atomic E-state index is -0.947. The summed E-state index contributed by atoms with van der Waals surface area (Å²) in [5.41, 5.74) is 1.23. The number of ether oxygens (including phenoxy) is 1. The molecule has 1 amide bonds. The number of nitrogens with one attached hydrogen (secondary N) is 1. The van der Waals surface area contributed by atoms with Crippen molar-refractivity contribution >= 4 is 23.3 Å². The lowest BCUT2D eigenvalue weighted by atomic mass is 10.2. The van der Waals surface area contributed by atoms with Crippen LogP contribution in [0.2, 0.25) is 0 Å². The molecule has 0 aliphatic carbocycles. The maximum atomic E-state index is 12.3. The number of Topliss-reactive ketones (excluding diaryl/α,β-unsaturated/α-hetero) is 1. The number of aromatic amines is 1. The maximum absolute atomic E-state index is 12.3. The van der Waals surface area contributed by atoms with Gasteiger partial charge >= 0.3 is 5.97 Å². The molecule has 23 heavy (non-hydrogen) atoms. The second-order valence-corrected chi connectivity index (χ2v) is 5.14. The zero-order valence-corrected chi connectivity index (χ0v) is 13.2. The van der Waals surface area contributed by atoms with Crippen LogP contribution < -0.4 is 4.90 Å². The molecule has 0 fully saturated rings. The molecule has 0 spiro atoms. The molecule has 1 aromatic carbocycles. The number of ketones is 1. The average Bonchev–Trinajstić information content (AvgIpc) is 3.04. The van der Waals surface area contributed by atoms with Crippen molar-refractivity contribution in [1.29, 1.82) is 0 Å². The Labute approximate surface area is 134 Å². The Bertz CT molecular complexity index is 721. The number of rotatable bonds is 5. The summed E-state index contributed by atoms with van der Waals surface area (Å²) in [5.74, 6) is -1.18. The highest BCUT2D eigenvalue weighted by Crippen LogP contribution is 2.14. The molecule has 0 aliphatic heterocycles. The molecule has 2 rings (SSSR count). The van der Waals surface area contributed by atoms with Crippen LogP contribution in [0.15, 0.2) is 42.6 Å². The Morgan fingerprint density at radius 1 is 1.17 bits per heavy atom. The van der Waals surface area contributed by atoms with Crippen LogP contribution in [0.1, 0.15) is 34.7 Å². The van der Waals surface area contributed by atoms with Crippen molar-refractivity contribution in [1.82, 2.24) is 4.98 Å². The molecule has 1 atom stereocenters. The van der Waals surface area contributed by atoms with E-state index in [4.69, 9.17) is 4.74 Å². The van der Waals surface area contributed by atoms with Gasteiger partial charge < -0.3 is 14.6 Å². The first-order valence-corrected chi connectivity index (χ1v) is 7.13. The first-order valence-electron chi connectivity index (χ1n) is 7.13. The number of benzene rings is 1. The SMILES string of the molecule is CC(=O)c1c[nH]c(C(=O)O[C@@H](C)C(=O)N(C)c2ccccc2)c1. The van der Waals surface area contributed by atoms with Gasteiger partial charge in [-0.2, -0.15) is 0 Å². The molecule has 120 valence electrons. The molecule has 6 nitrogen and oxygen atoms in total. The summed E-state index contributed by atoms with van der Waals surface area (Å²) in [7, 11) is 1.62. The third-order valence-corrected chi connectivity index (χ3v) is 3.42. The molecule has 0 unspecified atom stereocenters. The first kappa shape index (κ1) is 16.5. The Balaban J connectivity index is 2.02. The Morgan fingerprint density at radius 3 is 2.39 bits per heavy atom. The average molecular weight is 314 g/mol. The van der Waals surface area contributed by atoms with Crippen molar-refractivity contribution in [2.24, 2.45) is 0 Å². The fraction of sp³-hybridized carbons (Fsp3) is 0.235. The molecular formula is C17H18N2O4. The number of esters is 1. The van der Waals surface area contributed by atoms with Crippen LogP contribution in [-0.4, -0.2) is 35.8 Å². The summed E-state index contributed by atoms with van der Waals surface area (Å²) in [5, 5.41) is 0. The van der Waals surface area contributed by atoms with E-state index in [1.54, 1.807) is 19.2 Å². The van der Waals surface area contributed by atoms with E-state index >= 15 is 0 Å². The van der Waals surface area contributed by atoms with Gasteiger partial charge in [-0.1, -0.05) is 18.2 Å². The molecule has 1 heterocycles. The summed E-state index contributed by atoms with van der Waals surface area (Å²) in [6.07, 6.45) is 0.485. The summed E-state index contributed by atoms with van der Waals surface area (Å²) < 4.78 is 5.16. The van der Waals surface area contributed by atoms with Gasteiger partial charge in [-0.3, -0.25) is 9.59 Å². The number of H-pyrrole nitrogens is 1. The largest absolute Gasteiger partial charge is 0.448 e. The van der Waals surface area contributed by atoms with Crippen LogP contribution in [0.5, 0.6) is 0 Å². The van der Waals surface area contributed by atoms with E-state index in [1.165, 1.54) is 31.0 Å². The molecule has 0 radical (unpaired) electrons. The number of hydrogen-bond acceptors (Lipinski definition) is 4. The molecule has 1 aromatic heterocycles. The lowest BCUT2D eigenvalue weighted by Crippen LogP contribution is -2.37. The van der Waals surface area contributed by atoms with Crippen LogP contribution >= 0.6 is 0 Å². The Kier molecular flexibility index (Phi) is 4.95. The summed E-state index contributed by atoms with van der Waals surface area (Å²) in [4.78, 5) is 39.6. The van der Waals surface area contributed by atoms with Crippen LogP contribution in [0.25, 0.3) is 0 Å². The number of nitrogens with zero attached hydrogens (tertiary/aromatic N) is 1. The van der Waals surface area contributed by atoms with E-state index in [9.17, 15) is 14.4 Å². The lowest BCUT2D eigenvalue weighted by Gasteiger charge is -2.21. The molecule has 6 heteroatoms. The molecule has 2 aromatic rings. The van der Waals surface area contributed by atoms with Gasteiger partial charge in [0.25, 0.3) is 5.91 Å². The molecular weight excluding hydrogens is 296 g/mol. The highest BCUT2D eigenvalue weighted by Gasteiger charge is 2.23. The van der Waals surface area contributed by atoms with E-state index in [1.807, 2.05) is 18.2 Å². The fourth-order valence-corrected chi connectivity index (χ4v) is 2.04. The third kappa shape index (κ3) is 3.85. The first-order chi connectivity index (χ1) is 10.9. The number of likely N-dealkylation sites (N-methyl/N-ethyl adjacent to an activating group) is 1. The Morgan fingerprint density at radius 2 is 1.83 bits per heavy atom. The zero-order chi connectivity index (χ0) is 17.0. The van der Waals surface area contributed by atoms with E-state index in [-0.39, 0.29) is 17.4 Å². The third-order valence-electron chi connectivity index (χ3n) is 3.42.